The lowest BCUT2D eigenvalue weighted by Crippen LogP contribution is -2.42. The molecule has 2 aromatic rings. The van der Waals surface area contributed by atoms with E-state index in [1.807, 2.05) is 20.8 Å². The SMILES string of the molecule is C#CC[C@@H](N)C(=O)NCC(C)Cc1cccc(N(CC(C)C)S(=O)(=O)c2ccc3c(c2)OCO3)c1O. The molecule has 0 fully saturated rings. The predicted molar refractivity (Wildman–Crippen MR) is 137 cm³/mol. The topological polar surface area (TPSA) is 131 Å². The van der Waals surface area contributed by atoms with Gasteiger partial charge in [-0.1, -0.05) is 32.9 Å². The zero-order chi connectivity index (χ0) is 26.5. The van der Waals surface area contributed by atoms with E-state index in [0.717, 1.165) is 0 Å². The zero-order valence-electron chi connectivity index (χ0n) is 20.7. The van der Waals surface area contributed by atoms with Gasteiger partial charge in [0.2, 0.25) is 12.7 Å². The molecular formula is C26H33N3O6S. The van der Waals surface area contributed by atoms with Gasteiger partial charge < -0.3 is 25.6 Å². The van der Waals surface area contributed by atoms with E-state index in [9.17, 15) is 18.3 Å². The molecule has 36 heavy (non-hydrogen) atoms. The van der Waals surface area contributed by atoms with Crippen LogP contribution < -0.4 is 24.8 Å². The fourth-order valence-electron chi connectivity index (χ4n) is 3.84. The molecule has 2 aromatic carbocycles. The minimum absolute atomic E-state index is 0.0156. The maximum absolute atomic E-state index is 13.7. The van der Waals surface area contributed by atoms with Crippen LogP contribution in [-0.2, 0) is 21.2 Å². The van der Waals surface area contributed by atoms with Crippen LogP contribution in [0.1, 0.15) is 32.8 Å². The number of aromatic hydroxyl groups is 1. The van der Waals surface area contributed by atoms with Gasteiger partial charge in [0.1, 0.15) is 5.75 Å². The summed E-state index contributed by atoms with van der Waals surface area (Å²) >= 11 is 0. The molecule has 1 aliphatic heterocycles. The zero-order valence-corrected chi connectivity index (χ0v) is 21.5. The number of phenolic OH excluding ortho intramolecular Hbond substituents is 1. The fourth-order valence-corrected chi connectivity index (χ4v) is 5.49. The number of carbonyl (C=O) groups excluding carboxylic acids is 1. The second kappa shape index (κ2) is 11.5. The summed E-state index contributed by atoms with van der Waals surface area (Å²) in [5, 5.41) is 13.9. The minimum atomic E-state index is -4.02. The molecule has 0 saturated carbocycles. The average Bonchev–Trinajstić information content (AvgIpc) is 3.30. The van der Waals surface area contributed by atoms with E-state index in [4.69, 9.17) is 21.6 Å². The number of nitrogens with one attached hydrogen (secondary N) is 1. The first-order chi connectivity index (χ1) is 17.0. The summed E-state index contributed by atoms with van der Waals surface area (Å²) in [6, 6.07) is 8.71. The first kappa shape index (κ1) is 27.2. The van der Waals surface area contributed by atoms with Crippen LogP contribution in [0.2, 0.25) is 0 Å². The summed E-state index contributed by atoms with van der Waals surface area (Å²) < 4.78 is 39.3. The number of amides is 1. The summed E-state index contributed by atoms with van der Waals surface area (Å²) in [4.78, 5) is 12.1. The van der Waals surface area contributed by atoms with Gasteiger partial charge in [-0.25, -0.2) is 8.42 Å². The Balaban J connectivity index is 1.85. The van der Waals surface area contributed by atoms with Crippen molar-refractivity contribution in [3.63, 3.8) is 0 Å². The molecule has 1 unspecified atom stereocenters. The maximum atomic E-state index is 13.7. The highest BCUT2D eigenvalue weighted by Crippen LogP contribution is 2.39. The van der Waals surface area contributed by atoms with Crippen molar-refractivity contribution in [2.24, 2.45) is 17.6 Å². The number of nitrogens with two attached hydrogens (primary N) is 1. The smallest absolute Gasteiger partial charge is 0.264 e. The van der Waals surface area contributed by atoms with Crippen molar-refractivity contribution in [2.45, 2.75) is 44.6 Å². The van der Waals surface area contributed by atoms with Gasteiger partial charge in [-0.15, -0.1) is 12.3 Å². The monoisotopic (exact) mass is 515 g/mol. The van der Waals surface area contributed by atoms with Crippen LogP contribution >= 0.6 is 0 Å². The number of sulfonamides is 1. The number of fused-ring (bicyclic) bond motifs is 1. The lowest BCUT2D eigenvalue weighted by molar-refractivity contribution is -0.122. The summed E-state index contributed by atoms with van der Waals surface area (Å²) in [5.41, 5.74) is 6.48. The summed E-state index contributed by atoms with van der Waals surface area (Å²) in [7, 11) is -4.02. The van der Waals surface area contributed by atoms with Crippen LogP contribution in [0.3, 0.4) is 0 Å². The number of carbonyl (C=O) groups is 1. The molecule has 0 saturated heterocycles. The van der Waals surface area contributed by atoms with Crippen molar-refractivity contribution in [3.8, 4) is 29.6 Å². The van der Waals surface area contributed by atoms with E-state index in [2.05, 4.69) is 11.2 Å². The molecule has 1 aliphatic rings. The summed E-state index contributed by atoms with van der Waals surface area (Å²) in [5.74, 6) is 2.67. The Hall–Kier alpha value is -3.42. The first-order valence-corrected chi connectivity index (χ1v) is 13.2. The number of terminal acetylenes is 1. The Morgan fingerprint density at radius 1 is 1.22 bits per heavy atom. The van der Waals surface area contributed by atoms with E-state index in [-0.39, 0.29) is 53.8 Å². The van der Waals surface area contributed by atoms with E-state index in [0.29, 0.717) is 30.0 Å². The van der Waals surface area contributed by atoms with Gasteiger partial charge in [0.05, 0.1) is 16.6 Å². The van der Waals surface area contributed by atoms with Crippen molar-refractivity contribution >= 4 is 21.6 Å². The molecule has 1 heterocycles. The average molecular weight is 516 g/mol. The number of hydrogen-bond donors (Lipinski definition) is 3. The molecule has 0 spiro atoms. The molecule has 4 N–H and O–H groups in total. The predicted octanol–water partition coefficient (Wildman–Crippen LogP) is 2.62. The van der Waals surface area contributed by atoms with E-state index >= 15 is 0 Å². The van der Waals surface area contributed by atoms with Crippen molar-refractivity contribution in [1.29, 1.82) is 0 Å². The third kappa shape index (κ3) is 6.22. The first-order valence-electron chi connectivity index (χ1n) is 11.7. The highest BCUT2D eigenvalue weighted by Gasteiger charge is 2.30. The van der Waals surface area contributed by atoms with Crippen LogP contribution in [0.25, 0.3) is 0 Å². The molecule has 0 aliphatic carbocycles. The van der Waals surface area contributed by atoms with Crippen LogP contribution in [0.5, 0.6) is 17.2 Å². The number of nitrogens with zero attached hydrogens (tertiary/aromatic N) is 1. The molecule has 9 nitrogen and oxygen atoms in total. The van der Waals surface area contributed by atoms with Crippen LogP contribution in [0, 0.1) is 24.2 Å². The number of ether oxygens (including phenoxy) is 2. The number of rotatable bonds is 11. The van der Waals surface area contributed by atoms with Crippen LogP contribution in [0.4, 0.5) is 5.69 Å². The van der Waals surface area contributed by atoms with Gasteiger partial charge in [0.15, 0.2) is 11.5 Å². The van der Waals surface area contributed by atoms with Crippen LogP contribution in [-0.4, -0.2) is 45.4 Å². The second-order valence-electron chi connectivity index (χ2n) is 9.30. The third-order valence-electron chi connectivity index (χ3n) is 5.70. The van der Waals surface area contributed by atoms with E-state index < -0.39 is 16.1 Å². The Morgan fingerprint density at radius 3 is 2.64 bits per heavy atom. The molecule has 194 valence electrons. The van der Waals surface area contributed by atoms with Gasteiger partial charge in [-0.05, 0) is 42.0 Å². The van der Waals surface area contributed by atoms with Crippen molar-refractivity contribution in [1.82, 2.24) is 5.32 Å². The Bertz CT molecular complexity index is 1240. The fraction of sp³-hybridized carbons (Fsp3) is 0.423. The highest BCUT2D eigenvalue weighted by molar-refractivity contribution is 7.92. The summed E-state index contributed by atoms with van der Waals surface area (Å²) in [6.07, 6.45) is 5.76. The largest absolute Gasteiger partial charge is 0.505 e. The third-order valence-corrected chi connectivity index (χ3v) is 7.47. The lowest BCUT2D eigenvalue weighted by atomic mass is 9.99. The highest BCUT2D eigenvalue weighted by atomic mass is 32.2. The molecule has 0 radical (unpaired) electrons. The second-order valence-corrected chi connectivity index (χ2v) is 11.2. The number of anilines is 1. The quantitative estimate of drug-likeness (QED) is 0.392. The Morgan fingerprint density at radius 2 is 1.94 bits per heavy atom. The van der Waals surface area contributed by atoms with Crippen molar-refractivity contribution in [2.75, 3.05) is 24.2 Å². The van der Waals surface area contributed by atoms with Crippen molar-refractivity contribution < 1.29 is 27.8 Å². The maximum Gasteiger partial charge on any atom is 0.264 e. The van der Waals surface area contributed by atoms with Gasteiger partial charge in [-0.2, -0.15) is 0 Å². The van der Waals surface area contributed by atoms with Crippen molar-refractivity contribution in [3.05, 3.63) is 42.0 Å². The standard InChI is InChI=1S/C26H33N3O6S/c1-5-7-21(27)26(31)28-14-18(4)12-19-8-6-9-22(25(19)30)29(15-17(2)3)36(32,33)20-10-11-23-24(13-20)35-16-34-23/h1,6,8-11,13,17-18,21,30H,7,12,14-16,27H2,2-4H3,(H,28,31)/t18?,21-/m1/s1. The molecule has 0 aromatic heterocycles. The molecule has 2 atom stereocenters. The molecular weight excluding hydrogens is 482 g/mol. The number of hydrogen-bond acceptors (Lipinski definition) is 7. The van der Waals surface area contributed by atoms with E-state index in [1.54, 1.807) is 24.3 Å². The van der Waals surface area contributed by atoms with E-state index in [1.165, 1.54) is 16.4 Å². The lowest BCUT2D eigenvalue weighted by Gasteiger charge is -2.28. The van der Waals surface area contributed by atoms with Gasteiger partial charge >= 0.3 is 0 Å². The molecule has 10 heteroatoms. The number of benzene rings is 2. The van der Waals surface area contributed by atoms with Gasteiger partial charge in [0, 0.05) is 25.6 Å². The van der Waals surface area contributed by atoms with Crippen LogP contribution in [0.15, 0.2) is 41.3 Å². The Labute approximate surface area is 212 Å². The van der Waals surface area contributed by atoms with Gasteiger partial charge in [-0.3, -0.25) is 9.10 Å². The molecule has 1 amide bonds. The number of phenols is 1. The number of para-hydroxylation sites is 1. The Kier molecular flexibility index (Phi) is 8.71. The van der Waals surface area contributed by atoms with Gasteiger partial charge in [0.25, 0.3) is 10.0 Å². The minimum Gasteiger partial charge on any atom is -0.505 e. The normalized spacial score (nSPS) is 14.2. The summed E-state index contributed by atoms with van der Waals surface area (Å²) in [6.45, 7) is 6.23. The molecule has 3 rings (SSSR count). The molecule has 0 bridgehead atoms.